The minimum atomic E-state index is -1.85. The number of hydrogen-bond acceptors (Lipinski definition) is 4. The highest BCUT2D eigenvalue weighted by molar-refractivity contribution is 6.75. The fourth-order valence-electron chi connectivity index (χ4n) is 3.09. The summed E-state index contributed by atoms with van der Waals surface area (Å²) in [6, 6.07) is 0. The van der Waals surface area contributed by atoms with E-state index < -0.39 is 33.3 Å². The first kappa shape index (κ1) is 45.4. The van der Waals surface area contributed by atoms with Crippen LogP contribution in [0, 0.1) is 0 Å². The maximum Gasteiger partial charge on any atom is 0.192 e. The molecule has 0 amide bonds. The third-order valence-electron chi connectivity index (χ3n) is 10.9. The van der Waals surface area contributed by atoms with Gasteiger partial charge in [0.1, 0.15) is 0 Å². The molecular weight excluding hydrogens is 633 g/mol. The molecule has 0 spiro atoms. The van der Waals surface area contributed by atoms with Crippen LogP contribution in [0.2, 0.25) is 72.5 Å². The summed E-state index contributed by atoms with van der Waals surface area (Å²) in [4.78, 5) is 0. The zero-order chi connectivity index (χ0) is 36.5. The van der Waals surface area contributed by atoms with Crippen molar-refractivity contribution in [3.05, 3.63) is 59.8 Å². The van der Waals surface area contributed by atoms with Gasteiger partial charge < -0.3 is 17.7 Å². The van der Waals surface area contributed by atoms with Gasteiger partial charge in [-0.3, -0.25) is 0 Å². The molecule has 0 aliphatic rings. The van der Waals surface area contributed by atoms with E-state index >= 15 is 0 Å². The first-order valence-corrected chi connectivity index (χ1v) is 29.0. The highest BCUT2D eigenvalue weighted by Crippen LogP contribution is 2.39. The standard InChI is InChI=1S/C38H76O4Si4/c1-35(2,3)43(13,14)39-29-21-25-33(26-22-30-40-44(15,16)36(4,5)6)34(27-23-31-41-45(17,18)37(7,8)9)28-24-32-42-46(19,20)38(10,11)12/h21-28H,29-32H2,1-20H3/b25-21+,26-22+,27-23+,28-24+. The molecule has 0 atom stereocenters. The monoisotopic (exact) mass is 708 g/mol. The number of hydrogen-bond donors (Lipinski definition) is 0. The Bertz CT molecular complexity index is 912. The third-order valence-corrected chi connectivity index (χ3v) is 28.9. The number of rotatable bonds is 16. The van der Waals surface area contributed by atoms with Crippen molar-refractivity contribution in [3.8, 4) is 0 Å². The van der Waals surface area contributed by atoms with Crippen LogP contribution in [-0.4, -0.2) is 59.7 Å². The van der Waals surface area contributed by atoms with Crippen molar-refractivity contribution in [1.29, 1.82) is 0 Å². The van der Waals surface area contributed by atoms with E-state index in [2.05, 4.69) is 184 Å². The summed E-state index contributed by atoms with van der Waals surface area (Å²) in [5.41, 5.74) is 2.23. The quantitative estimate of drug-likeness (QED) is 0.118. The van der Waals surface area contributed by atoms with E-state index in [9.17, 15) is 0 Å². The van der Waals surface area contributed by atoms with Gasteiger partial charge in [-0.1, -0.05) is 132 Å². The molecule has 0 fully saturated rings. The molecule has 4 nitrogen and oxygen atoms in total. The van der Waals surface area contributed by atoms with Gasteiger partial charge in [0.05, 0.1) is 26.4 Å². The van der Waals surface area contributed by atoms with E-state index in [1.807, 2.05) is 0 Å². The Kier molecular flexibility index (Phi) is 17.1. The molecule has 0 saturated heterocycles. The first-order valence-electron chi connectivity index (χ1n) is 17.3. The minimum Gasteiger partial charge on any atom is -0.413 e. The Balaban J connectivity index is 6.58. The fraction of sp³-hybridized carbons (Fsp3) is 0.737. The third kappa shape index (κ3) is 15.3. The Morgan fingerprint density at radius 3 is 0.630 bits per heavy atom. The van der Waals surface area contributed by atoms with Crippen molar-refractivity contribution >= 4 is 33.3 Å². The Hall–Kier alpha value is -0.592. The van der Waals surface area contributed by atoms with Crippen LogP contribution < -0.4 is 0 Å². The maximum atomic E-state index is 6.49. The highest BCUT2D eigenvalue weighted by Gasteiger charge is 2.39. The van der Waals surface area contributed by atoms with E-state index in [1.54, 1.807) is 0 Å². The molecule has 0 saturated carbocycles. The van der Waals surface area contributed by atoms with Gasteiger partial charge >= 0.3 is 0 Å². The van der Waals surface area contributed by atoms with Gasteiger partial charge in [0.15, 0.2) is 33.3 Å². The minimum absolute atomic E-state index is 0.172. The van der Waals surface area contributed by atoms with Gasteiger partial charge in [-0.05, 0) is 83.7 Å². The summed E-state index contributed by atoms with van der Waals surface area (Å²) in [5.74, 6) is 0. The molecular formula is C38H76O4Si4. The molecule has 0 aromatic heterocycles. The molecule has 0 unspecified atom stereocenters. The van der Waals surface area contributed by atoms with Crippen molar-refractivity contribution < 1.29 is 17.7 Å². The Labute approximate surface area is 291 Å². The molecule has 0 N–H and O–H groups in total. The molecule has 46 heavy (non-hydrogen) atoms. The zero-order valence-electron chi connectivity index (χ0n) is 34.1. The summed E-state index contributed by atoms with van der Waals surface area (Å²) in [7, 11) is -7.39. The SMILES string of the molecule is CC(C)(C)[Si](C)(C)OC/C=C/C(/C=C/CO[Si](C)(C)C(C)(C)C)=C(/C=C/CO[Si](C)(C)C(C)(C)C)/C=C/CO[Si](C)(C)C(C)(C)C. The number of allylic oxidation sites excluding steroid dienone is 6. The van der Waals surface area contributed by atoms with Crippen molar-refractivity contribution in [1.82, 2.24) is 0 Å². The summed E-state index contributed by atoms with van der Waals surface area (Å²) >= 11 is 0. The molecule has 0 aromatic carbocycles. The van der Waals surface area contributed by atoms with Gasteiger partial charge in [-0.25, -0.2) is 0 Å². The van der Waals surface area contributed by atoms with E-state index in [0.717, 1.165) is 11.1 Å². The van der Waals surface area contributed by atoms with Crippen LogP contribution in [0.4, 0.5) is 0 Å². The lowest BCUT2D eigenvalue weighted by atomic mass is 10.1. The van der Waals surface area contributed by atoms with E-state index in [0.29, 0.717) is 26.4 Å². The zero-order valence-corrected chi connectivity index (χ0v) is 38.1. The Morgan fingerprint density at radius 1 is 0.348 bits per heavy atom. The predicted octanol–water partition coefficient (Wildman–Crippen LogP) is 12.6. The second-order valence-corrected chi connectivity index (χ2v) is 38.0. The van der Waals surface area contributed by atoms with Crippen LogP contribution in [0.3, 0.4) is 0 Å². The normalized spacial score (nSPS) is 15.3. The van der Waals surface area contributed by atoms with Crippen LogP contribution in [-0.2, 0) is 17.7 Å². The summed E-state index contributed by atoms with van der Waals surface area (Å²) in [5, 5.41) is 0.688. The van der Waals surface area contributed by atoms with E-state index in [1.165, 1.54) is 0 Å². The summed E-state index contributed by atoms with van der Waals surface area (Å²) < 4.78 is 25.9. The van der Waals surface area contributed by atoms with E-state index in [-0.39, 0.29) is 20.2 Å². The molecule has 0 aromatic rings. The predicted molar refractivity (Wildman–Crippen MR) is 216 cm³/mol. The highest BCUT2D eigenvalue weighted by atomic mass is 28.4. The molecule has 0 rings (SSSR count). The van der Waals surface area contributed by atoms with Crippen molar-refractivity contribution in [2.45, 2.75) is 156 Å². The Morgan fingerprint density at radius 2 is 0.500 bits per heavy atom. The lowest BCUT2D eigenvalue weighted by Crippen LogP contribution is -2.40. The second kappa shape index (κ2) is 17.4. The average Bonchev–Trinajstić information content (AvgIpc) is 2.84. The summed E-state index contributed by atoms with van der Waals surface area (Å²) in [6.45, 7) is 48.2. The molecule has 0 bridgehead atoms. The van der Waals surface area contributed by atoms with Gasteiger partial charge in [-0.2, -0.15) is 0 Å². The van der Waals surface area contributed by atoms with E-state index in [4.69, 9.17) is 17.7 Å². The van der Waals surface area contributed by atoms with Crippen LogP contribution in [0.5, 0.6) is 0 Å². The fourth-order valence-corrected chi connectivity index (χ4v) is 6.87. The molecule has 0 aliphatic heterocycles. The summed E-state index contributed by atoms with van der Waals surface area (Å²) in [6.07, 6.45) is 17.4. The largest absolute Gasteiger partial charge is 0.413 e. The topological polar surface area (TPSA) is 36.9 Å². The van der Waals surface area contributed by atoms with Crippen LogP contribution >= 0.6 is 0 Å². The average molecular weight is 709 g/mol. The van der Waals surface area contributed by atoms with Crippen LogP contribution in [0.1, 0.15) is 83.1 Å². The molecule has 268 valence electrons. The molecule has 0 radical (unpaired) electrons. The van der Waals surface area contributed by atoms with Crippen molar-refractivity contribution in [2.24, 2.45) is 0 Å². The second-order valence-electron chi connectivity index (χ2n) is 18.8. The van der Waals surface area contributed by atoms with Crippen molar-refractivity contribution in [3.63, 3.8) is 0 Å². The van der Waals surface area contributed by atoms with Gasteiger partial charge in [0, 0.05) is 0 Å². The lowest BCUT2D eigenvalue weighted by Gasteiger charge is -2.35. The van der Waals surface area contributed by atoms with Crippen molar-refractivity contribution in [2.75, 3.05) is 26.4 Å². The first-order chi connectivity index (χ1) is 20.4. The van der Waals surface area contributed by atoms with Gasteiger partial charge in [-0.15, -0.1) is 0 Å². The van der Waals surface area contributed by atoms with Crippen LogP contribution in [0.15, 0.2) is 59.8 Å². The maximum absolute atomic E-state index is 6.49. The molecule has 8 heteroatoms. The van der Waals surface area contributed by atoms with Gasteiger partial charge in [0.2, 0.25) is 0 Å². The van der Waals surface area contributed by atoms with Gasteiger partial charge in [0.25, 0.3) is 0 Å². The molecule has 0 heterocycles. The lowest BCUT2D eigenvalue weighted by molar-refractivity contribution is 0.327. The van der Waals surface area contributed by atoms with Crippen LogP contribution in [0.25, 0.3) is 0 Å². The molecule has 0 aliphatic carbocycles. The smallest absolute Gasteiger partial charge is 0.192 e.